The van der Waals surface area contributed by atoms with Crippen molar-refractivity contribution in [3.8, 4) is 0 Å². The topological polar surface area (TPSA) is 115 Å². The average Bonchev–Trinajstić information content (AvgIpc) is 2.23. The van der Waals surface area contributed by atoms with Crippen LogP contribution in [0.3, 0.4) is 0 Å². The highest BCUT2D eigenvalue weighted by Gasteiger charge is 2.05. The molecule has 0 unspecified atom stereocenters. The fraction of sp³-hybridized carbons (Fsp3) is 0.444. The zero-order valence-corrected chi connectivity index (χ0v) is 9.63. The molecule has 0 aromatic carbocycles. The summed E-state index contributed by atoms with van der Waals surface area (Å²) in [5.74, 6) is -0.866. The van der Waals surface area contributed by atoms with E-state index in [2.05, 4.69) is 10.3 Å². The van der Waals surface area contributed by atoms with Crippen LogP contribution in [0, 0.1) is 0 Å². The van der Waals surface area contributed by atoms with Crippen LogP contribution in [0.1, 0.15) is 18.5 Å². The second kappa shape index (κ2) is 6.21. The minimum Gasteiger partial charge on any atom is -0.481 e. The predicted molar refractivity (Wildman–Crippen MR) is 61.3 cm³/mol. The number of hydrogen-bond acceptors (Lipinski definition) is 4. The van der Waals surface area contributed by atoms with Crippen molar-refractivity contribution in [1.82, 2.24) is 15.3 Å². The van der Waals surface area contributed by atoms with E-state index in [9.17, 15) is 14.4 Å². The van der Waals surface area contributed by atoms with E-state index in [1.807, 2.05) is 4.98 Å². The molecule has 8 heteroatoms. The summed E-state index contributed by atoms with van der Waals surface area (Å²) in [4.78, 5) is 36.7. The minimum atomic E-state index is -0.866. The second-order valence-corrected chi connectivity index (χ2v) is 3.75. The number of carboxylic acids is 1. The predicted octanol–water partition coefficient (Wildman–Crippen LogP) is -0.329. The van der Waals surface area contributed by atoms with Crippen molar-refractivity contribution in [2.45, 2.75) is 19.4 Å². The molecule has 0 atom stereocenters. The van der Waals surface area contributed by atoms with Gasteiger partial charge in [-0.25, -0.2) is 4.79 Å². The lowest BCUT2D eigenvalue weighted by Gasteiger charge is -2.04. The zero-order valence-electron chi connectivity index (χ0n) is 8.88. The van der Waals surface area contributed by atoms with E-state index in [0.717, 1.165) is 0 Å². The van der Waals surface area contributed by atoms with Crippen molar-refractivity contribution in [1.29, 1.82) is 0 Å². The van der Waals surface area contributed by atoms with Crippen molar-refractivity contribution in [2.24, 2.45) is 0 Å². The summed E-state index contributed by atoms with van der Waals surface area (Å²) in [6.45, 7) is 0.662. The Bertz CT molecular complexity index is 508. The molecule has 1 aromatic heterocycles. The normalized spacial score (nSPS) is 10.4. The van der Waals surface area contributed by atoms with E-state index in [-0.39, 0.29) is 23.7 Å². The lowest BCUT2D eigenvalue weighted by Crippen LogP contribution is -2.27. The van der Waals surface area contributed by atoms with Crippen LogP contribution in [0.5, 0.6) is 0 Å². The summed E-state index contributed by atoms with van der Waals surface area (Å²) < 4.78 is 0. The number of H-pyrrole nitrogens is 2. The summed E-state index contributed by atoms with van der Waals surface area (Å²) in [7, 11) is 0. The van der Waals surface area contributed by atoms with Gasteiger partial charge in [0.05, 0.1) is 5.69 Å². The van der Waals surface area contributed by atoms with Crippen molar-refractivity contribution in [2.75, 3.05) is 6.54 Å². The Balaban J connectivity index is 2.50. The highest BCUT2D eigenvalue weighted by Crippen LogP contribution is 2.03. The zero-order chi connectivity index (χ0) is 12.8. The first-order valence-corrected chi connectivity index (χ1v) is 5.32. The SMILES string of the molecule is O=C(O)CCCNCc1[nH]c(=O)[nH]c(=O)c1Cl. The van der Waals surface area contributed by atoms with Gasteiger partial charge in [-0.2, -0.15) is 0 Å². The van der Waals surface area contributed by atoms with Crippen molar-refractivity contribution < 1.29 is 9.90 Å². The molecular formula is C9H12ClN3O4. The number of carboxylic acid groups (broad SMARTS) is 1. The molecule has 0 fully saturated rings. The largest absolute Gasteiger partial charge is 0.481 e. The number of rotatable bonds is 6. The van der Waals surface area contributed by atoms with Crippen LogP contribution in [-0.2, 0) is 11.3 Å². The Labute approximate surface area is 101 Å². The van der Waals surface area contributed by atoms with Gasteiger partial charge in [0.2, 0.25) is 0 Å². The van der Waals surface area contributed by atoms with Gasteiger partial charge in [0.1, 0.15) is 5.02 Å². The third-order valence-electron chi connectivity index (χ3n) is 2.00. The Morgan fingerprint density at radius 2 is 2.06 bits per heavy atom. The molecule has 1 aromatic rings. The lowest BCUT2D eigenvalue weighted by atomic mass is 10.3. The molecule has 0 radical (unpaired) electrons. The van der Waals surface area contributed by atoms with Crippen LogP contribution in [0.25, 0.3) is 0 Å². The van der Waals surface area contributed by atoms with Crippen LogP contribution in [0.4, 0.5) is 0 Å². The van der Waals surface area contributed by atoms with Crippen LogP contribution in [0.15, 0.2) is 9.59 Å². The van der Waals surface area contributed by atoms with Gasteiger partial charge < -0.3 is 15.4 Å². The molecule has 0 bridgehead atoms. The first kappa shape index (κ1) is 13.5. The first-order valence-electron chi connectivity index (χ1n) is 4.94. The third-order valence-corrected chi connectivity index (χ3v) is 2.40. The molecule has 0 amide bonds. The van der Waals surface area contributed by atoms with E-state index < -0.39 is 17.2 Å². The number of aromatic amines is 2. The first-order chi connectivity index (χ1) is 8.00. The Kier molecular flexibility index (Phi) is 4.92. The summed E-state index contributed by atoms with van der Waals surface area (Å²) in [6, 6.07) is 0. The van der Waals surface area contributed by atoms with Crippen molar-refractivity contribution >= 4 is 17.6 Å². The van der Waals surface area contributed by atoms with Gasteiger partial charge in [-0.1, -0.05) is 11.6 Å². The maximum Gasteiger partial charge on any atom is 0.326 e. The number of hydrogen-bond donors (Lipinski definition) is 4. The van der Waals surface area contributed by atoms with E-state index in [0.29, 0.717) is 13.0 Å². The molecule has 1 heterocycles. The number of carbonyl (C=O) groups is 1. The highest BCUT2D eigenvalue weighted by atomic mass is 35.5. The molecular weight excluding hydrogens is 250 g/mol. The second-order valence-electron chi connectivity index (χ2n) is 3.37. The minimum absolute atomic E-state index is 0.0621. The summed E-state index contributed by atoms with van der Waals surface area (Å²) in [6.07, 6.45) is 0.521. The quantitative estimate of drug-likeness (QED) is 0.524. The van der Waals surface area contributed by atoms with Gasteiger partial charge in [-0.3, -0.25) is 14.6 Å². The molecule has 94 valence electrons. The van der Waals surface area contributed by atoms with Gasteiger partial charge in [0.15, 0.2) is 0 Å². The van der Waals surface area contributed by atoms with Crippen LogP contribution >= 0.6 is 11.6 Å². The molecule has 0 saturated carbocycles. The van der Waals surface area contributed by atoms with Gasteiger partial charge in [0, 0.05) is 13.0 Å². The molecule has 0 aliphatic rings. The average molecular weight is 262 g/mol. The maximum absolute atomic E-state index is 11.1. The summed E-state index contributed by atoms with van der Waals surface area (Å²) in [5.41, 5.74) is -0.977. The van der Waals surface area contributed by atoms with Crippen molar-refractivity contribution in [3.05, 3.63) is 31.6 Å². The number of aromatic nitrogens is 2. The van der Waals surface area contributed by atoms with Gasteiger partial charge in [0.25, 0.3) is 5.56 Å². The Morgan fingerprint density at radius 3 is 2.71 bits per heavy atom. The van der Waals surface area contributed by atoms with Crippen molar-refractivity contribution in [3.63, 3.8) is 0 Å². The van der Waals surface area contributed by atoms with Gasteiger partial charge in [-0.05, 0) is 13.0 Å². The van der Waals surface area contributed by atoms with E-state index in [4.69, 9.17) is 16.7 Å². The van der Waals surface area contributed by atoms with Crippen LogP contribution in [-0.4, -0.2) is 27.6 Å². The fourth-order valence-corrected chi connectivity index (χ4v) is 1.38. The fourth-order valence-electron chi connectivity index (χ4n) is 1.22. The standard InChI is InChI=1S/C9H12ClN3O4/c10-7-5(12-9(17)13-8(7)16)4-11-3-1-2-6(14)15/h11H,1-4H2,(H,14,15)(H2,12,13,16,17). The Hall–Kier alpha value is -1.60. The summed E-state index contributed by atoms with van der Waals surface area (Å²) in [5, 5.41) is 11.2. The molecule has 0 spiro atoms. The summed E-state index contributed by atoms with van der Waals surface area (Å²) >= 11 is 5.68. The van der Waals surface area contributed by atoms with Gasteiger partial charge >= 0.3 is 11.7 Å². The van der Waals surface area contributed by atoms with Crippen LogP contribution in [0.2, 0.25) is 5.02 Å². The maximum atomic E-state index is 11.1. The number of nitrogens with one attached hydrogen (secondary N) is 3. The molecule has 0 saturated heterocycles. The monoisotopic (exact) mass is 261 g/mol. The molecule has 1 rings (SSSR count). The van der Waals surface area contributed by atoms with E-state index in [1.54, 1.807) is 0 Å². The molecule has 4 N–H and O–H groups in total. The number of aliphatic carboxylic acids is 1. The molecule has 0 aliphatic heterocycles. The molecule has 7 nitrogen and oxygen atoms in total. The van der Waals surface area contributed by atoms with Crippen LogP contribution < -0.4 is 16.6 Å². The van der Waals surface area contributed by atoms with Gasteiger partial charge in [-0.15, -0.1) is 0 Å². The molecule has 17 heavy (non-hydrogen) atoms. The highest BCUT2D eigenvalue weighted by molar-refractivity contribution is 6.30. The van der Waals surface area contributed by atoms with E-state index in [1.165, 1.54) is 0 Å². The Morgan fingerprint density at radius 1 is 1.35 bits per heavy atom. The number of halogens is 1. The smallest absolute Gasteiger partial charge is 0.326 e. The van der Waals surface area contributed by atoms with E-state index >= 15 is 0 Å². The third kappa shape index (κ3) is 4.41. The lowest BCUT2D eigenvalue weighted by molar-refractivity contribution is -0.137. The molecule has 0 aliphatic carbocycles.